The normalized spacial score (nSPS) is 26.9. The molecular weight excluding hydrogens is 401 g/mol. The Morgan fingerprint density at radius 2 is 1.87 bits per heavy atom. The minimum atomic E-state index is -1.28. The number of nitrogens with zero attached hydrogens (tertiary/aromatic N) is 2. The second kappa shape index (κ2) is 7.91. The second-order valence-electron chi connectivity index (χ2n) is 9.21. The number of carbonyl (C=O) groups is 1. The van der Waals surface area contributed by atoms with Crippen molar-refractivity contribution >= 4 is 22.6 Å². The van der Waals surface area contributed by atoms with Gasteiger partial charge >= 0.3 is 5.97 Å². The minimum absolute atomic E-state index is 0.126. The standard InChI is InChI=1S/C23H28FN3O4/c24-18-9-16-20(27(14-3-4-14)11-17(22(16)29)23(30)31)10-21(18)26-8-7-25-19(12-26)13-1-5-15(28)6-2-13/h9-11,13-15,19,25,28H,1-8,12H2,(H,30,31). The number of anilines is 1. The molecule has 3 aliphatic rings. The number of rotatable bonds is 4. The van der Waals surface area contributed by atoms with E-state index in [1.807, 2.05) is 9.47 Å². The average Bonchev–Trinajstić information content (AvgIpc) is 3.60. The van der Waals surface area contributed by atoms with Crippen LogP contribution in [0.25, 0.3) is 10.9 Å². The summed E-state index contributed by atoms with van der Waals surface area (Å²) < 4.78 is 17.0. The fourth-order valence-electron chi connectivity index (χ4n) is 5.22. The minimum Gasteiger partial charge on any atom is -0.477 e. The van der Waals surface area contributed by atoms with Crippen LogP contribution in [0.2, 0.25) is 0 Å². The molecule has 1 aliphatic heterocycles. The van der Waals surface area contributed by atoms with Gasteiger partial charge in [0.15, 0.2) is 0 Å². The SMILES string of the molecule is O=C(O)c1cn(C2CC2)c2cc(N3CCNC(C4CCC(O)CC4)C3)c(F)cc2c1=O. The van der Waals surface area contributed by atoms with Crippen molar-refractivity contribution in [2.24, 2.45) is 5.92 Å². The zero-order chi connectivity index (χ0) is 21.7. The number of aliphatic hydroxyl groups excluding tert-OH is 1. The van der Waals surface area contributed by atoms with Crippen molar-refractivity contribution in [1.82, 2.24) is 9.88 Å². The summed E-state index contributed by atoms with van der Waals surface area (Å²) in [5, 5.41) is 22.9. The molecule has 1 aromatic carbocycles. The van der Waals surface area contributed by atoms with Crippen LogP contribution in [0.1, 0.15) is 54.9 Å². The number of carboxylic acid groups (broad SMARTS) is 1. The molecule has 0 bridgehead atoms. The first-order chi connectivity index (χ1) is 14.9. The predicted octanol–water partition coefficient (Wildman–Crippen LogP) is 2.50. The molecule has 2 heterocycles. The lowest BCUT2D eigenvalue weighted by molar-refractivity contribution is 0.0694. The number of fused-ring (bicyclic) bond motifs is 1. The zero-order valence-electron chi connectivity index (χ0n) is 17.4. The Kier molecular flexibility index (Phi) is 5.22. The van der Waals surface area contributed by atoms with E-state index in [4.69, 9.17) is 0 Å². The topological polar surface area (TPSA) is 94.8 Å². The fourth-order valence-corrected chi connectivity index (χ4v) is 5.22. The highest BCUT2D eigenvalue weighted by atomic mass is 19.1. The van der Waals surface area contributed by atoms with Gasteiger partial charge in [-0.3, -0.25) is 4.79 Å². The summed E-state index contributed by atoms with van der Waals surface area (Å²) in [6.45, 7) is 2.08. The summed E-state index contributed by atoms with van der Waals surface area (Å²) in [6.07, 6.45) is 6.61. The first kappa shape index (κ1) is 20.5. The first-order valence-corrected chi connectivity index (χ1v) is 11.2. The van der Waals surface area contributed by atoms with E-state index in [9.17, 15) is 19.8 Å². The molecule has 7 nitrogen and oxygen atoms in total. The van der Waals surface area contributed by atoms with Gasteiger partial charge in [-0.05, 0) is 56.6 Å². The molecule has 1 atom stereocenters. The Bertz CT molecular complexity index is 1070. The van der Waals surface area contributed by atoms with Crippen molar-refractivity contribution in [3.05, 3.63) is 39.9 Å². The van der Waals surface area contributed by atoms with Crippen LogP contribution >= 0.6 is 0 Å². The molecular formula is C23H28FN3O4. The number of hydrogen-bond acceptors (Lipinski definition) is 5. The Morgan fingerprint density at radius 3 is 2.55 bits per heavy atom. The van der Waals surface area contributed by atoms with Gasteiger partial charge in [-0.1, -0.05) is 0 Å². The Hall–Kier alpha value is -2.45. The van der Waals surface area contributed by atoms with Crippen LogP contribution < -0.4 is 15.6 Å². The van der Waals surface area contributed by atoms with E-state index in [-0.39, 0.29) is 29.1 Å². The van der Waals surface area contributed by atoms with E-state index in [0.717, 1.165) is 45.1 Å². The van der Waals surface area contributed by atoms with Crippen molar-refractivity contribution in [3.63, 3.8) is 0 Å². The molecule has 5 rings (SSSR count). The van der Waals surface area contributed by atoms with E-state index < -0.39 is 17.2 Å². The molecule has 1 unspecified atom stereocenters. The number of benzene rings is 1. The molecule has 3 N–H and O–H groups in total. The molecule has 1 aromatic heterocycles. The van der Waals surface area contributed by atoms with Crippen LogP contribution in [0.3, 0.4) is 0 Å². The maximum absolute atomic E-state index is 15.2. The third-order valence-corrected chi connectivity index (χ3v) is 7.13. The molecule has 0 radical (unpaired) electrons. The average molecular weight is 429 g/mol. The quantitative estimate of drug-likeness (QED) is 0.691. The maximum atomic E-state index is 15.2. The fraction of sp³-hybridized carbons (Fsp3) is 0.565. The molecule has 8 heteroatoms. The largest absolute Gasteiger partial charge is 0.477 e. The zero-order valence-corrected chi connectivity index (χ0v) is 17.4. The molecule has 166 valence electrons. The molecule has 2 aliphatic carbocycles. The van der Waals surface area contributed by atoms with Gasteiger partial charge in [-0.2, -0.15) is 0 Å². The van der Waals surface area contributed by atoms with Crippen LogP contribution in [0.4, 0.5) is 10.1 Å². The van der Waals surface area contributed by atoms with Crippen LogP contribution in [0.15, 0.2) is 23.1 Å². The monoisotopic (exact) mass is 429 g/mol. The summed E-state index contributed by atoms with van der Waals surface area (Å²) in [5.74, 6) is -1.32. The number of aliphatic hydroxyl groups is 1. The second-order valence-corrected chi connectivity index (χ2v) is 9.21. The summed E-state index contributed by atoms with van der Waals surface area (Å²) in [4.78, 5) is 26.2. The number of pyridine rings is 1. The summed E-state index contributed by atoms with van der Waals surface area (Å²) in [5.41, 5.74) is 0.119. The summed E-state index contributed by atoms with van der Waals surface area (Å²) in [6, 6.07) is 3.33. The summed E-state index contributed by atoms with van der Waals surface area (Å²) >= 11 is 0. The molecule has 0 spiro atoms. The van der Waals surface area contributed by atoms with Gasteiger partial charge in [0.25, 0.3) is 0 Å². The van der Waals surface area contributed by atoms with Crippen LogP contribution in [-0.4, -0.2) is 52.5 Å². The molecule has 3 fully saturated rings. The van der Waals surface area contributed by atoms with Gasteiger partial charge in [0, 0.05) is 43.3 Å². The summed E-state index contributed by atoms with van der Waals surface area (Å²) in [7, 11) is 0. The number of nitrogens with one attached hydrogen (secondary N) is 1. The smallest absolute Gasteiger partial charge is 0.341 e. The lowest BCUT2D eigenvalue weighted by atomic mass is 9.82. The van der Waals surface area contributed by atoms with Gasteiger partial charge in [0.2, 0.25) is 5.43 Å². The lowest BCUT2D eigenvalue weighted by Gasteiger charge is -2.41. The Morgan fingerprint density at radius 1 is 1.13 bits per heavy atom. The van der Waals surface area contributed by atoms with E-state index in [1.54, 1.807) is 6.07 Å². The highest BCUT2D eigenvalue weighted by Crippen LogP contribution is 2.38. The third-order valence-electron chi connectivity index (χ3n) is 7.13. The van der Waals surface area contributed by atoms with Crippen molar-refractivity contribution < 1.29 is 19.4 Å². The van der Waals surface area contributed by atoms with Crippen molar-refractivity contribution in [3.8, 4) is 0 Å². The number of aromatic carboxylic acids is 1. The van der Waals surface area contributed by atoms with E-state index >= 15 is 4.39 Å². The van der Waals surface area contributed by atoms with Gasteiger partial charge in [-0.25, -0.2) is 9.18 Å². The van der Waals surface area contributed by atoms with Gasteiger partial charge in [0.05, 0.1) is 17.3 Å². The number of hydrogen-bond donors (Lipinski definition) is 3. The van der Waals surface area contributed by atoms with Gasteiger partial charge < -0.3 is 25.0 Å². The van der Waals surface area contributed by atoms with Crippen molar-refractivity contribution in [2.75, 3.05) is 24.5 Å². The maximum Gasteiger partial charge on any atom is 0.341 e. The highest BCUT2D eigenvalue weighted by Gasteiger charge is 2.32. The highest BCUT2D eigenvalue weighted by molar-refractivity contribution is 5.93. The van der Waals surface area contributed by atoms with Crippen molar-refractivity contribution in [2.45, 2.75) is 56.7 Å². The molecule has 2 saturated carbocycles. The van der Waals surface area contributed by atoms with Crippen LogP contribution in [0, 0.1) is 11.7 Å². The van der Waals surface area contributed by atoms with E-state index in [1.165, 1.54) is 12.3 Å². The predicted molar refractivity (Wildman–Crippen MR) is 115 cm³/mol. The lowest BCUT2D eigenvalue weighted by Crippen LogP contribution is -2.54. The Labute approximate surface area is 179 Å². The number of carboxylic acids is 1. The number of piperazine rings is 1. The third kappa shape index (κ3) is 3.83. The van der Waals surface area contributed by atoms with E-state index in [2.05, 4.69) is 5.32 Å². The van der Waals surface area contributed by atoms with Crippen molar-refractivity contribution in [1.29, 1.82) is 0 Å². The first-order valence-electron chi connectivity index (χ1n) is 11.2. The van der Waals surface area contributed by atoms with Crippen LogP contribution in [0.5, 0.6) is 0 Å². The molecule has 2 aromatic rings. The van der Waals surface area contributed by atoms with E-state index in [0.29, 0.717) is 30.2 Å². The molecule has 31 heavy (non-hydrogen) atoms. The Balaban J connectivity index is 1.50. The van der Waals surface area contributed by atoms with Gasteiger partial charge in [-0.15, -0.1) is 0 Å². The van der Waals surface area contributed by atoms with Gasteiger partial charge in [0.1, 0.15) is 11.4 Å². The number of aromatic nitrogens is 1. The molecule has 1 saturated heterocycles. The van der Waals surface area contributed by atoms with Crippen LogP contribution in [-0.2, 0) is 0 Å². The number of halogens is 1. The molecule has 0 amide bonds.